The fourth-order valence-electron chi connectivity index (χ4n) is 4.12. The Hall–Kier alpha value is -3.18. The lowest BCUT2D eigenvalue weighted by Gasteiger charge is -2.33. The molecule has 160 valence electrons. The number of thioether (sulfide) groups is 1. The summed E-state index contributed by atoms with van der Waals surface area (Å²) >= 11 is 1.47. The van der Waals surface area contributed by atoms with Gasteiger partial charge in [0, 0.05) is 23.9 Å². The summed E-state index contributed by atoms with van der Waals surface area (Å²) in [6.07, 6.45) is 0. The van der Waals surface area contributed by atoms with Gasteiger partial charge in [0.25, 0.3) is 5.91 Å². The molecule has 1 fully saturated rings. The van der Waals surface area contributed by atoms with E-state index in [1.165, 1.54) is 11.8 Å². The molecule has 8 heteroatoms. The number of anilines is 1. The number of carbonyl (C=O) groups excluding carboxylic acids is 2. The quantitative estimate of drug-likeness (QED) is 0.794. The highest BCUT2D eigenvalue weighted by Crippen LogP contribution is 2.55. The second kappa shape index (κ2) is 8.16. The van der Waals surface area contributed by atoms with E-state index in [1.807, 2.05) is 44.2 Å². The summed E-state index contributed by atoms with van der Waals surface area (Å²) in [6.45, 7) is 4.59. The second-order valence-corrected chi connectivity index (χ2v) is 9.12. The third-order valence-electron chi connectivity index (χ3n) is 5.45. The molecule has 2 aliphatic heterocycles. The highest BCUT2D eigenvalue weighted by Gasteiger charge is 2.59. The first-order chi connectivity index (χ1) is 14.9. The van der Waals surface area contributed by atoms with Gasteiger partial charge in [-0.05, 0) is 49.7 Å². The number of hydrogen-bond acceptors (Lipinski definition) is 5. The third-order valence-corrected chi connectivity index (χ3v) is 6.87. The molecule has 2 aromatic rings. The first kappa shape index (κ1) is 21.1. The zero-order valence-corrected chi connectivity index (χ0v) is 18.5. The molecule has 2 heterocycles. The van der Waals surface area contributed by atoms with Crippen molar-refractivity contribution in [3.05, 3.63) is 59.2 Å². The van der Waals surface area contributed by atoms with Crippen LogP contribution in [0.5, 0.6) is 5.75 Å². The predicted octanol–water partition coefficient (Wildman–Crippen LogP) is 3.43. The van der Waals surface area contributed by atoms with E-state index < -0.39 is 4.87 Å². The lowest BCUT2D eigenvalue weighted by Crippen LogP contribution is -2.54. The van der Waals surface area contributed by atoms with Gasteiger partial charge in [0.2, 0.25) is 0 Å². The van der Waals surface area contributed by atoms with E-state index in [9.17, 15) is 14.9 Å². The van der Waals surface area contributed by atoms with Gasteiger partial charge >= 0.3 is 6.03 Å². The summed E-state index contributed by atoms with van der Waals surface area (Å²) in [5, 5.41) is 12.2. The van der Waals surface area contributed by atoms with Crippen molar-refractivity contribution in [2.24, 2.45) is 0 Å². The Balaban J connectivity index is 1.80. The fraction of sp³-hybridized carbons (Fsp3) is 0.348. The molecular formula is C23H24N4O3S. The Morgan fingerprint density at radius 2 is 2.13 bits per heavy atom. The van der Waals surface area contributed by atoms with Crippen LogP contribution in [-0.2, 0) is 16.2 Å². The van der Waals surface area contributed by atoms with Crippen molar-refractivity contribution in [3.63, 3.8) is 0 Å². The van der Waals surface area contributed by atoms with Crippen LogP contribution < -0.4 is 15.0 Å². The summed E-state index contributed by atoms with van der Waals surface area (Å²) in [5.41, 5.74) is 2.91. The van der Waals surface area contributed by atoms with Gasteiger partial charge in [-0.25, -0.2) is 4.79 Å². The highest BCUT2D eigenvalue weighted by atomic mass is 32.2. The van der Waals surface area contributed by atoms with Crippen LogP contribution in [0.1, 0.15) is 30.5 Å². The largest absolute Gasteiger partial charge is 0.497 e. The number of fused-ring (bicyclic) bond motifs is 2. The van der Waals surface area contributed by atoms with E-state index >= 15 is 0 Å². The average Bonchev–Trinajstić information content (AvgIpc) is 3.30. The van der Waals surface area contributed by atoms with Crippen molar-refractivity contribution in [2.75, 3.05) is 24.3 Å². The zero-order chi connectivity index (χ0) is 22.2. The van der Waals surface area contributed by atoms with Crippen molar-refractivity contribution in [1.82, 2.24) is 10.2 Å². The molecule has 0 radical (unpaired) electrons. The van der Waals surface area contributed by atoms with Gasteiger partial charge in [-0.2, -0.15) is 5.26 Å². The van der Waals surface area contributed by atoms with E-state index in [4.69, 9.17) is 4.74 Å². The first-order valence-corrected chi connectivity index (χ1v) is 11.1. The van der Waals surface area contributed by atoms with Crippen molar-refractivity contribution in [3.8, 4) is 11.8 Å². The van der Waals surface area contributed by atoms with E-state index in [-0.39, 0.29) is 18.0 Å². The number of amides is 3. The van der Waals surface area contributed by atoms with Crippen LogP contribution in [0.15, 0.2) is 42.5 Å². The first-order valence-electron chi connectivity index (χ1n) is 10.1. The summed E-state index contributed by atoms with van der Waals surface area (Å²) in [4.78, 5) is 29.2. The topological polar surface area (TPSA) is 85.7 Å². The molecule has 1 spiro atoms. The van der Waals surface area contributed by atoms with Crippen molar-refractivity contribution in [2.45, 2.75) is 31.3 Å². The summed E-state index contributed by atoms with van der Waals surface area (Å²) in [5.74, 6) is 1.14. The van der Waals surface area contributed by atoms with Gasteiger partial charge in [-0.3, -0.25) is 9.69 Å². The minimum absolute atomic E-state index is 0.0405. The van der Waals surface area contributed by atoms with Crippen molar-refractivity contribution < 1.29 is 14.3 Å². The highest BCUT2D eigenvalue weighted by molar-refractivity contribution is 8.01. The molecule has 0 unspecified atom stereocenters. The van der Waals surface area contributed by atoms with Gasteiger partial charge < -0.3 is 15.0 Å². The molecule has 2 aliphatic rings. The number of urea groups is 1. The number of carbonyl (C=O) groups is 2. The summed E-state index contributed by atoms with van der Waals surface area (Å²) in [7, 11) is 1.58. The Morgan fingerprint density at radius 3 is 2.84 bits per heavy atom. The molecule has 2 aromatic carbocycles. The molecule has 1 atom stereocenters. The van der Waals surface area contributed by atoms with Crippen LogP contribution >= 0.6 is 11.8 Å². The number of ether oxygens (including phenoxy) is 1. The normalized spacial score (nSPS) is 19.6. The van der Waals surface area contributed by atoms with Crippen LogP contribution in [0.4, 0.5) is 10.5 Å². The molecule has 3 amide bonds. The third kappa shape index (κ3) is 3.49. The van der Waals surface area contributed by atoms with E-state index in [1.54, 1.807) is 29.0 Å². The molecule has 0 aliphatic carbocycles. The SMILES string of the molecule is COc1ccc2c(c1)[C@]1(SCCN1C(=O)NC(C)C)C(=O)N2Cc1cccc(C#N)c1. The van der Waals surface area contributed by atoms with Crippen molar-refractivity contribution >= 4 is 29.4 Å². The molecule has 4 rings (SSSR count). The van der Waals surface area contributed by atoms with Gasteiger partial charge in [-0.15, -0.1) is 11.8 Å². The molecule has 0 bridgehead atoms. The van der Waals surface area contributed by atoms with Gasteiger partial charge in [-0.1, -0.05) is 12.1 Å². The number of nitrogens with zero attached hydrogens (tertiary/aromatic N) is 3. The maximum absolute atomic E-state index is 13.9. The predicted molar refractivity (Wildman–Crippen MR) is 120 cm³/mol. The number of hydrogen-bond donors (Lipinski definition) is 1. The molecule has 31 heavy (non-hydrogen) atoms. The Labute approximate surface area is 186 Å². The zero-order valence-electron chi connectivity index (χ0n) is 17.7. The maximum Gasteiger partial charge on any atom is 0.319 e. The number of nitrogens with one attached hydrogen (secondary N) is 1. The van der Waals surface area contributed by atoms with Crippen molar-refractivity contribution in [1.29, 1.82) is 5.26 Å². The Morgan fingerprint density at radius 1 is 1.32 bits per heavy atom. The Kier molecular flexibility index (Phi) is 5.54. The minimum Gasteiger partial charge on any atom is -0.497 e. The van der Waals surface area contributed by atoms with Gasteiger partial charge in [0.05, 0.1) is 31.0 Å². The molecule has 1 N–H and O–H groups in total. The molecule has 1 saturated heterocycles. The van der Waals surface area contributed by atoms with Crippen LogP contribution in [-0.4, -0.2) is 42.3 Å². The number of rotatable bonds is 4. The summed E-state index contributed by atoms with van der Waals surface area (Å²) in [6, 6.07) is 14.6. The van der Waals surface area contributed by atoms with Crippen LogP contribution in [0, 0.1) is 11.3 Å². The molecular weight excluding hydrogens is 412 g/mol. The molecule has 7 nitrogen and oxygen atoms in total. The summed E-state index contributed by atoms with van der Waals surface area (Å²) < 4.78 is 5.43. The number of benzene rings is 2. The van der Waals surface area contributed by atoms with Crippen LogP contribution in [0.3, 0.4) is 0 Å². The second-order valence-electron chi connectivity index (χ2n) is 7.83. The van der Waals surface area contributed by atoms with E-state index in [2.05, 4.69) is 11.4 Å². The monoisotopic (exact) mass is 436 g/mol. The van der Waals surface area contributed by atoms with Gasteiger partial charge in [0.1, 0.15) is 5.75 Å². The van der Waals surface area contributed by atoms with E-state index in [0.717, 1.165) is 16.8 Å². The Bertz CT molecular complexity index is 1080. The average molecular weight is 437 g/mol. The van der Waals surface area contributed by atoms with E-state index in [0.29, 0.717) is 30.2 Å². The fourth-order valence-corrected chi connectivity index (χ4v) is 5.58. The molecule has 0 aromatic heterocycles. The van der Waals surface area contributed by atoms with Crippen LogP contribution in [0.2, 0.25) is 0 Å². The minimum atomic E-state index is -1.13. The van der Waals surface area contributed by atoms with Crippen LogP contribution in [0.25, 0.3) is 0 Å². The number of methoxy groups -OCH3 is 1. The molecule has 0 saturated carbocycles. The standard InChI is InChI=1S/C23H24N4O3S/c1-15(2)25-22(29)27-9-10-31-23(27)19-12-18(30-3)7-8-20(19)26(21(23)28)14-17-6-4-5-16(11-17)13-24/h4-8,11-12,15H,9-10,14H2,1-3H3,(H,25,29)/t23-/m0/s1. The maximum atomic E-state index is 13.9. The van der Waals surface area contributed by atoms with Gasteiger partial charge in [0.15, 0.2) is 4.87 Å². The number of nitriles is 1. The lowest BCUT2D eigenvalue weighted by atomic mass is 10.1. The lowest BCUT2D eigenvalue weighted by molar-refractivity contribution is -0.123. The smallest absolute Gasteiger partial charge is 0.319 e.